The van der Waals surface area contributed by atoms with Crippen molar-refractivity contribution in [3.05, 3.63) is 108 Å². The molecular weight excluding hydrogens is 442 g/mol. The molecule has 0 saturated carbocycles. The molecule has 3 aromatic rings. The first kappa shape index (κ1) is 24.0. The largest absolute Gasteiger partial charge is 0.461 e. The molecule has 0 heterocycles. The van der Waals surface area contributed by atoms with Crippen LogP contribution in [0.15, 0.2) is 91.5 Å². The lowest BCUT2D eigenvalue weighted by Gasteiger charge is -2.19. The Hall–Kier alpha value is -4.19. The maximum absolute atomic E-state index is 12.8. The Morgan fingerprint density at radius 3 is 2.09 bits per heavy atom. The zero-order valence-electron chi connectivity index (χ0n) is 19.3. The van der Waals surface area contributed by atoms with Crippen molar-refractivity contribution in [3.8, 4) is 11.1 Å². The second-order valence-electron chi connectivity index (χ2n) is 8.33. The fourth-order valence-electron chi connectivity index (χ4n) is 4.35. The molecule has 0 saturated heterocycles. The minimum absolute atomic E-state index is 0.0231. The normalized spacial score (nSPS) is 12.7. The van der Waals surface area contributed by atoms with Gasteiger partial charge in [-0.1, -0.05) is 91.5 Å². The predicted molar refractivity (Wildman–Crippen MR) is 133 cm³/mol. The Balaban J connectivity index is 1.43. The van der Waals surface area contributed by atoms with Gasteiger partial charge in [0.1, 0.15) is 19.6 Å². The second-order valence-corrected chi connectivity index (χ2v) is 8.33. The lowest BCUT2D eigenvalue weighted by atomic mass is 9.98. The van der Waals surface area contributed by atoms with Crippen molar-refractivity contribution in [1.82, 2.24) is 5.32 Å². The Morgan fingerprint density at radius 1 is 0.857 bits per heavy atom. The van der Waals surface area contributed by atoms with Crippen molar-refractivity contribution in [2.24, 2.45) is 0 Å². The van der Waals surface area contributed by atoms with Crippen molar-refractivity contribution < 1.29 is 23.9 Å². The lowest BCUT2D eigenvalue weighted by molar-refractivity contribution is -0.145. The van der Waals surface area contributed by atoms with Crippen LogP contribution < -0.4 is 5.32 Å². The van der Waals surface area contributed by atoms with E-state index in [0.29, 0.717) is 0 Å². The lowest BCUT2D eigenvalue weighted by Crippen LogP contribution is -2.43. The summed E-state index contributed by atoms with van der Waals surface area (Å²) in [6.45, 7) is 3.64. The molecule has 178 valence electrons. The van der Waals surface area contributed by atoms with E-state index >= 15 is 0 Å². The average Bonchev–Trinajstić information content (AvgIpc) is 3.20. The van der Waals surface area contributed by atoms with E-state index in [1.54, 1.807) is 0 Å². The first-order valence-electron chi connectivity index (χ1n) is 11.5. The van der Waals surface area contributed by atoms with Gasteiger partial charge >= 0.3 is 12.1 Å². The van der Waals surface area contributed by atoms with Crippen LogP contribution in [0, 0.1) is 0 Å². The van der Waals surface area contributed by atoms with E-state index in [-0.39, 0.29) is 25.6 Å². The van der Waals surface area contributed by atoms with Crippen LogP contribution in [0.2, 0.25) is 0 Å². The summed E-state index contributed by atoms with van der Waals surface area (Å²) >= 11 is 0. The number of esters is 1. The van der Waals surface area contributed by atoms with Gasteiger partial charge in [-0.2, -0.15) is 0 Å². The number of benzene rings is 3. The number of hydrogen-bond acceptors (Lipinski definition) is 5. The minimum Gasteiger partial charge on any atom is -0.461 e. The molecule has 1 aliphatic rings. The highest BCUT2D eigenvalue weighted by atomic mass is 16.5. The number of carbonyl (C=O) groups excluding carboxylic acids is 3. The van der Waals surface area contributed by atoms with Crippen LogP contribution in [0.3, 0.4) is 0 Å². The van der Waals surface area contributed by atoms with E-state index in [9.17, 15) is 14.4 Å². The molecule has 4 rings (SSSR count). The van der Waals surface area contributed by atoms with Crippen LogP contribution in [0.25, 0.3) is 11.1 Å². The van der Waals surface area contributed by atoms with E-state index in [4.69, 9.17) is 9.47 Å². The van der Waals surface area contributed by atoms with Gasteiger partial charge in [0, 0.05) is 5.92 Å². The molecule has 1 N–H and O–H groups in total. The molecule has 0 bridgehead atoms. The first-order valence-corrected chi connectivity index (χ1v) is 11.5. The third-order valence-corrected chi connectivity index (χ3v) is 5.99. The van der Waals surface area contributed by atoms with Crippen LogP contribution in [-0.4, -0.2) is 37.1 Å². The van der Waals surface area contributed by atoms with Crippen molar-refractivity contribution in [2.45, 2.75) is 24.8 Å². The number of Topliss-reactive ketones (excluding diaryl/α,β-unsaturated/α-hetero) is 1. The molecule has 1 aliphatic carbocycles. The van der Waals surface area contributed by atoms with Crippen LogP contribution >= 0.6 is 0 Å². The molecule has 3 aromatic carbocycles. The zero-order valence-corrected chi connectivity index (χ0v) is 19.3. The van der Waals surface area contributed by atoms with Crippen LogP contribution in [0.5, 0.6) is 0 Å². The summed E-state index contributed by atoms with van der Waals surface area (Å²) in [7, 11) is 0. The summed E-state index contributed by atoms with van der Waals surface area (Å²) in [4.78, 5) is 37.6. The molecule has 35 heavy (non-hydrogen) atoms. The van der Waals surface area contributed by atoms with Crippen LogP contribution in [-0.2, 0) is 25.5 Å². The summed E-state index contributed by atoms with van der Waals surface area (Å²) in [5, 5.41) is 2.66. The maximum Gasteiger partial charge on any atom is 0.407 e. The highest BCUT2D eigenvalue weighted by Gasteiger charge is 2.30. The Morgan fingerprint density at radius 2 is 1.46 bits per heavy atom. The zero-order chi connectivity index (χ0) is 24.6. The summed E-state index contributed by atoms with van der Waals surface area (Å²) in [5.74, 6) is -1.20. The number of alkyl carbamates (subject to hydrolysis) is 1. The van der Waals surface area contributed by atoms with Gasteiger partial charge in [-0.15, -0.1) is 0 Å². The molecule has 0 fully saturated rings. The van der Waals surface area contributed by atoms with Gasteiger partial charge in [0.05, 0.1) is 6.04 Å². The highest BCUT2D eigenvalue weighted by molar-refractivity contribution is 5.99. The molecule has 6 heteroatoms. The quantitative estimate of drug-likeness (QED) is 0.261. The number of ether oxygens (including phenoxy) is 2. The van der Waals surface area contributed by atoms with Crippen LogP contribution in [0.4, 0.5) is 4.79 Å². The number of amides is 1. The molecule has 6 nitrogen and oxygen atoms in total. The summed E-state index contributed by atoms with van der Waals surface area (Å²) in [6.07, 6.45) is 0.507. The van der Waals surface area contributed by atoms with E-state index in [0.717, 1.165) is 27.8 Å². The second kappa shape index (κ2) is 11.3. The molecule has 1 atom stereocenters. The summed E-state index contributed by atoms with van der Waals surface area (Å²) < 4.78 is 10.5. The highest BCUT2D eigenvalue weighted by Crippen LogP contribution is 2.44. The number of fused-ring (bicyclic) bond motifs is 3. The standard InChI is InChI=1S/C29H27NO5/c1-2-16-34-28(32)18-27(31)26(17-20-10-4-3-5-11-20)30-29(33)35-19-25-23-14-8-6-12-21(23)22-13-7-9-15-24(22)25/h2-15,25-26H,1,16-19H2,(H,30,33)/t26-/m0/s1. The van der Waals surface area contributed by atoms with E-state index in [2.05, 4.69) is 24.0 Å². The fraction of sp³-hybridized carbons (Fsp3) is 0.207. The number of hydrogen-bond donors (Lipinski definition) is 1. The molecule has 0 spiro atoms. The summed E-state index contributed by atoms with van der Waals surface area (Å²) in [6, 6.07) is 24.5. The molecule has 0 aliphatic heterocycles. The van der Waals surface area contributed by atoms with E-state index < -0.39 is 30.3 Å². The van der Waals surface area contributed by atoms with Crippen molar-refractivity contribution >= 4 is 17.8 Å². The van der Waals surface area contributed by atoms with Gasteiger partial charge in [-0.3, -0.25) is 9.59 Å². The first-order chi connectivity index (χ1) is 17.1. The van der Waals surface area contributed by atoms with Crippen molar-refractivity contribution in [1.29, 1.82) is 0 Å². The monoisotopic (exact) mass is 469 g/mol. The SMILES string of the molecule is C=CCOC(=O)CC(=O)[C@H](Cc1ccccc1)NC(=O)OCC1c2ccccc2-c2ccccc21. The number of nitrogens with one attached hydrogen (secondary N) is 1. The predicted octanol–water partition coefficient (Wildman–Crippen LogP) is 4.82. The van der Waals surface area contributed by atoms with Crippen LogP contribution in [0.1, 0.15) is 29.0 Å². The van der Waals surface area contributed by atoms with Crippen molar-refractivity contribution in [3.63, 3.8) is 0 Å². The van der Waals surface area contributed by atoms with E-state index in [1.807, 2.05) is 66.7 Å². The molecule has 0 aromatic heterocycles. The van der Waals surface area contributed by atoms with Gasteiger partial charge in [-0.05, 0) is 34.2 Å². The van der Waals surface area contributed by atoms with Gasteiger partial charge < -0.3 is 14.8 Å². The van der Waals surface area contributed by atoms with Crippen molar-refractivity contribution in [2.75, 3.05) is 13.2 Å². The number of ketones is 1. The average molecular weight is 470 g/mol. The number of rotatable bonds is 10. The third-order valence-electron chi connectivity index (χ3n) is 5.99. The fourth-order valence-corrected chi connectivity index (χ4v) is 4.35. The minimum atomic E-state index is -0.927. The molecule has 0 radical (unpaired) electrons. The van der Waals surface area contributed by atoms with Gasteiger partial charge in [-0.25, -0.2) is 4.79 Å². The van der Waals surface area contributed by atoms with E-state index in [1.165, 1.54) is 6.08 Å². The molecular formula is C29H27NO5. The molecule has 0 unspecified atom stereocenters. The Bertz CT molecular complexity index is 1180. The van der Waals surface area contributed by atoms with Gasteiger partial charge in [0.2, 0.25) is 0 Å². The summed E-state index contributed by atoms with van der Waals surface area (Å²) in [5.41, 5.74) is 5.32. The Kier molecular flexibility index (Phi) is 7.73. The number of carbonyl (C=O) groups is 3. The molecule has 1 amide bonds. The maximum atomic E-state index is 12.8. The van der Waals surface area contributed by atoms with Gasteiger partial charge in [0.25, 0.3) is 0 Å². The topological polar surface area (TPSA) is 81.7 Å². The smallest absolute Gasteiger partial charge is 0.407 e. The van der Waals surface area contributed by atoms with Gasteiger partial charge in [0.15, 0.2) is 5.78 Å². The third kappa shape index (κ3) is 5.84. The Labute approximate surface area is 204 Å².